The molecule has 0 saturated carbocycles. The summed E-state index contributed by atoms with van der Waals surface area (Å²) in [6.45, 7) is 7.84. The highest BCUT2D eigenvalue weighted by Crippen LogP contribution is 2.20. The molecule has 1 aromatic rings. The molecule has 0 aliphatic carbocycles. The molecule has 0 aliphatic rings. The summed E-state index contributed by atoms with van der Waals surface area (Å²) in [5.74, 6) is -0.576. The Balaban J connectivity index is 2.57. The fraction of sp³-hybridized carbons (Fsp3) is 0.680. The van der Waals surface area contributed by atoms with Crippen LogP contribution >= 0.6 is 0 Å². The molecule has 0 spiro atoms. The molecule has 0 radical (unpaired) electrons. The minimum absolute atomic E-state index is 0.0234. The number of carbonyl (C=O) groups is 2. The molecule has 0 bridgehead atoms. The highest BCUT2D eigenvalue weighted by molar-refractivity contribution is 5.66. The first-order valence-electron chi connectivity index (χ1n) is 11.3. The summed E-state index contributed by atoms with van der Waals surface area (Å²) < 4.78 is 10.3. The molecular weight excluding hydrogens is 364 g/mol. The third-order valence-corrected chi connectivity index (χ3v) is 5.34. The van der Waals surface area contributed by atoms with Crippen LogP contribution in [0.15, 0.2) is 18.2 Å². The van der Waals surface area contributed by atoms with Gasteiger partial charge in [0.15, 0.2) is 0 Å². The van der Waals surface area contributed by atoms with E-state index in [1.807, 2.05) is 0 Å². The Morgan fingerprint density at radius 1 is 0.828 bits per heavy atom. The predicted molar refractivity (Wildman–Crippen MR) is 118 cm³/mol. The van der Waals surface area contributed by atoms with Gasteiger partial charge in [-0.2, -0.15) is 0 Å². The number of esters is 2. The Morgan fingerprint density at radius 2 is 1.45 bits per heavy atom. The lowest BCUT2D eigenvalue weighted by Gasteiger charge is -2.18. The van der Waals surface area contributed by atoms with E-state index < -0.39 is 0 Å². The number of carbonyl (C=O) groups excluding carboxylic acids is 2. The zero-order chi connectivity index (χ0) is 21.5. The maximum Gasteiger partial charge on any atom is 0.302 e. The first-order chi connectivity index (χ1) is 14.0. The minimum Gasteiger partial charge on any atom is -0.465 e. The van der Waals surface area contributed by atoms with Crippen molar-refractivity contribution in [3.8, 4) is 0 Å². The third-order valence-electron chi connectivity index (χ3n) is 5.34. The molecule has 0 heterocycles. The molecule has 0 aromatic heterocycles. The fourth-order valence-corrected chi connectivity index (χ4v) is 3.56. The summed E-state index contributed by atoms with van der Waals surface area (Å²) >= 11 is 0. The second-order valence-corrected chi connectivity index (χ2v) is 7.98. The van der Waals surface area contributed by atoms with E-state index in [4.69, 9.17) is 9.47 Å². The van der Waals surface area contributed by atoms with E-state index in [0.29, 0.717) is 13.2 Å². The predicted octanol–water partition coefficient (Wildman–Crippen LogP) is 5.83. The van der Waals surface area contributed by atoms with Crippen LogP contribution in [0.2, 0.25) is 0 Å². The number of rotatable bonds is 15. The van der Waals surface area contributed by atoms with Crippen molar-refractivity contribution in [2.45, 2.75) is 91.9 Å². The number of aryl methyl sites for hydroxylation is 3. The van der Waals surface area contributed by atoms with Gasteiger partial charge in [0, 0.05) is 19.8 Å². The van der Waals surface area contributed by atoms with E-state index in [-0.39, 0.29) is 17.9 Å². The topological polar surface area (TPSA) is 52.6 Å². The lowest BCUT2D eigenvalue weighted by atomic mass is 9.93. The van der Waals surface area contributed by atoms with E-state index >= 15 is 0 Å². The maximum atomic E-state index is 11.1. The number of benzene rings is 1. The summed E-state index contributed by atoms with van der Waals surface area (Å²) in [5.41, 5.74) is 4.17. The second kappa shape index (κ2) is 15.1. The number of ether oxygens (including phenoxy) is 2. The van der Waals surface area contributed by atoms with Crippen LogP contribution in [0.5, 0.6) is 0 Å². The van der Waals surface area contributed by atoms with Crippen molar-refractivity contribution in [1.29, 1.82) is 0 Å². The molecule has 4 heteroatoms. The zero-order valence-electron chi connectivity index (χ0n) is 18.9. The SMILES string of the molecule is CCCCCCCCc1ccc(CCC(COC(C)=O)COC(C)=O)c(CC)c1. The highest BCUT2D eigenvalue weighted by Gasteiger charge is 2.14. The van der Waals surface area contributed by atoms with Gasteiger partial charge in [-0.3, -0.25) is 9.59 Å². The zero-order valence-corrected chi connectivity index (χ0v) is 18.9. The molecule has 0 amide bonds. The molecule has 0 saturated heterocycles. The smallest absolute Gasteiger partial charge is 0.302 e. The van der Waals surface area contributed by atoms with Gasteiger partial charge in [0.05, 0.1) is 13.2 Å². The second-order valence-electron chi connectivity index (χ2n) is 7.98. The molecule has 29 heavy (non-hydrogen) atoms. The van der Waals surface area contributed by atoms with Crippen molar-refractivity contribution in [2.75, 3.05) is 13.2 Å². The monoisotopic (exact) mass is 404 g/mol. The van der Waals surface area contributed by atoms with Gasteiger partial charge < -0.3 is 9.47 Å². The van der Waals surface area contributed by atoms with Crippen LogP contribution in [0.3, 0.4) is 0 Å². The average Bonchev–Trinajstić information content (AvgIpc) is 2.70. The molecular formula is C25H40O4. The van der Waals surface area contributed by atoms with Crippen LogP contribution in [0, 0.1) is 5.92 Å². The van der Waals surface area contributed by atoms with E-state index in [2.05, 4.69) is 32.0 Å². The number of hydrogen-bond donors (Lipinski definition) is 0. The minimum atomic E-state index is -0.300. The first kappa shape index (κ1) is 25.2. The van der Waals surface area contributed by atoms with Gasteiger partial charge in [-0.25, -0.2) is 0 Å². The lowest BCUT2D eigenvalue weighted by molar-refractivity contribution is -0.146. The van der Waals surface area contributed by atoms with Gasteiger partial charge in [-0.05, 0) is 48.8 Å². The molecule has 0 unspecified atom stereocenters. The highest BCUT2D eigenvalue weighted by atomic mass is 16.5. The molecule has 1 rings (SSSR count). The largest absolute Gasteiger partial charge is 0.465 e. The van der Waals surface area contributed by atoms with Crippen molar-refractivity contribution in [3.05, 3.63) is 34.9 Å². The van der Waals surface area contributed by atoms with Crippen LogP contribution in [0.4, 0.5) is 0 Å². The van der Waals surface area contributed by atoms with Crippen molar-refractivity contribution in [3.63, 3.8) is 0 Å². The van der Waals surface area contributed by atoms with Crippen LogP contribution in [-0.2, 0) is 38.3 Å². The summed E-state index contributed by atoms with van der Waals surface area (Å²) in [6, 6.07) is 6.86. The Hall–Kier alpha value is -1.84. The van der Waals surface area contributed by atoms with Gasteiger partial charge in [0.25, 0.3) is 0 Å². The van der Waals surface area contributed by atoms with Crippen LogP contribution in [0.25, 0.3) is 0 Å². The molecule has 4 nitrogen and oxygen atoms in total. The van der Waals surface area contributed by atoms with Crippen molar-refractivity contribution >= 4 is 11.9 Å². The summed E-state index contributed by atoms with van der Waals surface area (Å²) in [4.78, 5) is 22.3. The molecule has 0 atom stereocenters. The summed E-state index contributed by atoms with van der Waals surface area (Å²) in [7, 11) is 0. The Bertz CT molecular complexity index is 591. The molecule has 0 N–H and O–H groups in total. The van der Waals surface area contributed by atoms with Gasteiger partial charge in [0.2, 0.25) is 0 Å². The van der Waals surface area contributed by atoms with Gasteiger partial charge >= 0.3 is 11.9 Å². The van der Waals surface area contributed by atoms with E-state index in [0.717, 1.165) is 25.7 Å². The Morgan fingerprint density at radius 3 is 2.03 bits per heavy atom. The number of unbranched alkanes of at least 4 members (excludes halogenated alkanes) is 5. The van der Waals surface area contributed by atoms with E-state index in [9.17, 15) is 9.59 Å². The van der Waals surface area contributed by atoms with E-state index in [1.165, 1.54) is 69.1 Å². The van der Waals surface area contributed by atoms with Crippen LogP contribution < -0.4 is 0 Å². The molecule has 0 fully saturated rings. The first-order valence-corrected chi connectivity index (χ1v) is 11.3. The average molecular weight is 405 g/mol. The molecule has 164 valence electrons. The van der Waals surface area contributed by atoms with Gasteiger partial charge in [-0.1, -0.05) is 64.2 Å². The van der Waals surface area contributed by atoms with Crippen LogP contribution in [-0.4, -0.2) is 25.2 Å². The van der Waals surface area contributed by atoms with E-state index in [1.54, 1.807) is 0 Å². The Kier molecular flexibility index (Phi) is 13.1. The normalized spacial score (nSPS) is 10.9. The number of hydrogen-bond acceptors (Lipinski definition) is 4. The fourth-order valence-electron chi connectivity index (χ4n) is 3.56. The van der Waals surface area contributed by atoms with Crippen molar-refractivity contribution < 1.29 is 19.1 Å². The third kappa shape index (κ3) is 11.7. The summed E-state index contributed by atoms with van der Waals surface area (Å²) in [6.07, 6.45) is 11.8. The summed E-state index contributed by atoms with van der Waals surface area (Å²) in [5, 5.41) is 0. The molecule has 1 aromatic carbocycles. The standard InChI is InChI=1S/C25H40O4/c1-5-7-8-9-10-11-12-22-13-15-25(24(6-2)17-22)16-14-23(18-28-20(3)26)19-29-21(4)27/h13,15,17,23H,5-12,14,16,18-19H2,1-4H3. The lowest BCUT2D eigenvalue weighted by Crippen LogP contribution is -2.20. The quantitative estimate of drug-likeness (QED) is 0.273. The Labute approximate surface area is 177 Å². The van der Waals surface area contributed by atoms with Crippen molar-refractivity contribution in [2.24, 2.45) is 5.92 Å². The van der Waals surface area contributed by atoms with Crippen molar-refractivity contribution in [1.82, 2.24) is 0 Å². The van der Waals surface area contributed by atoms with Gasteiger partial charge in [-0.15, -0.1) is 0 Å². The van der Waals surface area contributed by atoms with Crippen LogP contribution in [0.1, 0.15) is 89.3 Å². The maximum absolute atomic E-state index is 11.1. The van der Waals surface area contributed by atoms with Gasteiger partial charge in [0.1, 0.15) is 0 Å². The molecule has 0 aliphatic heterocycles.